The summed E-state index contributed by atoms with van der Waals surface area (Å²) >= 11 is 0. The third-order valence-electron chi connectivity index (χ3n) is 6.17. The van der Waals surface area contributed by atoms with Gasteiger partial charge in [-0.2, -0.15) is 0 Å². The SMILES string of the molecule is Cc1c(C(=O)NCCN2CCOCC2)ccc2c1NC(=O)C21CCNCC1. The van der Waals surface area contributed by atoms with Gasteiger partial charge in [0.1, 0.15) is 0 Å². The van der Waals surface area contributed by atoms with Gasteiger partial charge >= 0.3 is 0 Å². The van der Waals surface area contributed by atoms with E-state index in [4.69, 9.17) is 4.74 Å². The van der Waals surface area contributed by atoms with Crippen molar-refractivity contribution in [3.63, 3.8) is 0 Å². The summed E-state index contributed by atoms with van der Waals surface area (Å²) in [5, 5.41) is 9.40. The van der Waals surface area contributed by atoms with Crippen molar-refractivity contribution < 1.29 is 14.3 Å². The van der Waals surface area contributed by atoms with Gasteiger partial charge in [0.25, 0.3) is 5.91 Å². The van der Waals surface area contributed by atoms with Crippen LogP contribution >= 0.6 is 0 Å². The quantitative estimate of drug-likeness (QED) is 0.722. The molecule has 3 N–H and O–H groups in total. The Hall–Kier alpha value is -1.96. The molecule has 2 fully saturated rings. The van der Waals surface area contributed by atoms with Crippen LogP contribution in [0.15, 0.2) is 12.1 Å². The number of amides is 2. The topological polar surface area (TPSA) is 82.7 Å². The van der Waals surface area contributed by atoms with E-state index in [0.29, 0.717) is 12.1 Å². The van der Waals surface area contributed by atoms with Crippen molar-refractivity contribution in [3.05, 3.63) is 28.8 Å². The van der Waals surface area contributed by atoms with Gasteiger partial charge in [-0.25, -0.2) is 0 Å². The molecule has 2 saturated heterocycles. The van der Waals surface area contributed by atoms with Crippen LogP contribution < -0.4 is 16.0 Å². The second-order valence-corrected chi connectivity index (χ2v) is 7.66. The zero-order valence-electron chi connectivity index (χ0n) is 15.9. The smallest absolute Gasteiger partial charge is 0.251 e. The summed E-state index contributed by atoms with van der Waals surface area (Å²) in [5.41, 5.74) is 2.96. The molecule has 0 aliphatic carbocycles. The summed E-state index contributed by atoms with van der Waals surface area (Å²) in [6, 6.07) is 3.85. The number of fused-ring (bicyclic) bond motifs is 2. The van der Waals surface area contributed by atoms with Gasteiger partial charge in [0.05, 0.1) is 18.6 Å². The molecule has 3 heterocycles. The molecule has 0 unspecified atom stereocenters. The zero-order chi connectivity index (χ0) is 18.9. The molecule has 27 heavy (non-hydrogen) atoms. The van der Waals surface area contributed by atoms with Crippen molar-refractivity contribution in [2.45, 2.75) is 25.2 Å². The maximum atomic E-state index is 12.7. The molecule has 3 aliphatic heterocycles. The number of hydrogen-bond acceptors (Lipinski definition) is 5. The van der Waals surface area contributed by atoms with E-state index in [9.17, 15) is 9.59 Å². The molecule has 4 rings (SSSR count). The van der Waals surface area contributed by atoms with Gasteiger partial charge < -0.3 is 20.7 Å². The summed E-state index contributed by atoms with van der Waals surface area (Å²) in [6.45, 7) is 8.39. The van der Waals surface area contributed by atoms with Crippen LogP contribution in [-0.2, 0) is 14.9 Å². The minimum Gasteiger partial charge on any atom is -0.379 e. The van der Waals surface area contributed by atoms with Gasteiger partial charge in [-0.3, -0.25) is 14.5 Å². The average Bonchev–Trinajstić information content (AvgIpc) is 2.96. The van der Waals surface area contributed by atoms with Crippen LogP contribution in [0.2, 0.25) is 0 Å². The molecule has 1 aromatic carbocycles. The first-order valence-electron chi connectivity index (χ1n) is 9.86. The van der Waals surface area contributed by atoms with Crippen LogP contribution in [0.1, 0.15) is 34.3 Å². The molecule has 3 aliphatic rings. The minimum atomic E-state index is -0.434. The maximum Gasteiger partial charge on any atom is 0.251 e. The van der Waals surface area contributed by atoms with E-state index in [1.807, 2.05) is 19.1 Å². The molecule has 2 amide bonds. The Morgan fingerprint density at radius 1 is 1.26 bits per heavy atom. The number of carbonyl (C=O) groups excluding carboxylic acids is 2. The Kier molecular flexibility index (Phi) is 5.16. The fourth-order valence-corrected chi connectivity index (χ4v) is 4.47. The Balaban J connectivity index is 1.46. The van der Waals surface area contributed by atoms with Crippen molar-refractivity contribution in [2.75, 3.05) is 57.8 Å². The highest BCUT2D eigenvalue weighted by Crippen LogP contribution is 2.45. The monoisotopic (exact) mass is 372 g/mol. The van der Waals surface area contributed by atoms with Gasteiger partial charge in [0, 0.05) is 37.4 Å². The van der Waals surface area contributed by atoms with Crippen LogP contribution in [-0.4, -0.2) is 69.2 Å². The summed E-state index contributed by atoms with van der Waals surface area (Å²) in [5.74, 6) is -0.00366. The van der Waals surface area contributed by atoms with E-state index >= 15 is 0 Å². The van der Waals surface area contributed by atoms with Gasteiger partial charge in [-0.05, 0) is 50.0 Å². The van der Waals surface area contributed by atoms with Crippen molar-refractivity contribution in [1.82, 2.24) is 15.5 Å². The molecule has 0 saturated carbocycles. The van der Waals surface area contributed by atoms with Crippen molar-refractivity contribution in [3.8, 4) is 0 Å². The fraction of sp³-hybridized carbons (Fsp3) is 0.600. The number of piperidine rings is 1. The van der Waals surface area contributed by atoms with Crippen molar-refractivity contribution >= 4 is 17.5 Å². The molecule has 0 bridgehead atoms. The number of benzene rings is 1. The summed E-state index contributed by atoms with van der Waals surface area (Å²) in [7, 11) is 0. The van der Waals surface area contributed by atoms with E-state index in [-0.39, 0.29) is 11.8 Å². The molecule has 7 heteroatoms. The predicted molar refractivity (Wildman–Crippen MR) is 103 cm³/mol. The second kappa shape index (κ2) is 7.58. The minimum absolute atomic E-state index is 0.0759. The van der Waals surface area contributed by atoms with Crippen LogP contribution in [0.5, 0.6) is 0 Å². The number of carbonyl (C=O) groups is 2. The third-order valence-corrected chi connectivity index (χ3v) is 6.17. The molecule has 0 radical (unpaired) electrons. The van der Waals surface area contributed by atoms with Gasteiger partial charge in [-0.15, -0.1) is 0 Å². The lowest BCUT2D eigenvalue weighted by molar-refractivity contribution is -0.121. The van der Waals surface area contributed by atoms with Crippen LogP contribution in [0.25, 0.3) is 0 Å². The number of anilines is 1. The number of ether oxygens (including phenoxy) is 1. The molecule has 0 atom stereocenters. The number of rotatable bonds is 4. The summed E-state index contributed by atoms with van der Waals surface area (Å²) in [6.07, 6.45) is 1.60. The lowest BCUT2D eigenvalue weighted by Gasteiger charge is -2.32. The highest BCUT2D eigenvalue weighted by Gasteiger charge is 2.47. The van der Waals surface area contributed by atoms with E-state index < -0.39 is 5.41 Å². The predicted octanol–water partition coefficient (Wildman–Crippen LogP) is 0.630. The first-order chi connectivity index (χ1) is 13.1. The summed E-state index contributed by atoms with van der Waals surface area (Å²) in [4.78, 5) is 27.7. The lowest BCUT2D eigenvalue weighted by Crippen LogP contribution is -2.44. The Morgan fingerprint density at radius 2 is 2.00 bits per heavy atom. The Labute approximate surface area is 159 Å². The maximum absolute atomic E-state index is 12.7. The highest BCUT2D eigenvalue weighted by atomic mass is 16.5. The van der Waals surface area contributed by atoms with Crippen LogP contribution in [0.4, 0.5) is 5.69 Å². The number of morpholine rings is 1. The molecule has 1 spiro atoms. The zero-order valence-corrected chi connectivity index (χ0v) is 15.9. The van der Waals surface area contributed by atoms with Crippen molar-refractivity contribution in [1.29, 1.82) is 0 Å². The fourth-order valence-electron chi connectivity index (χ4n) is 4.47. The first kappa shape index (κ1) is 18.4. The lowest BCUT2D eigenvalue weighted by atomic mass is 9.73. The van der Waals surface area contributed by atoms with Crippen LogP contribution in [0.3, 0.4) is 0 Å². The molecular weight excluding hydrogens is 344 g/mol. The normalized spacial score (nSPS) is 21.7. The average molecular weight is 372 g/mol. The second-order valence-electron chi connectivity index (χ2n) is 7.66. The van der Waals surface area contributed by atoms with Gasteiger partial charge in [0.15, 0.2) is 0 Å². The number of hydrogen-bond donors (Lipinski definition) is 3. The Bertz CT molecular complexity index is 737. The third kappa shape index (κ3) is 3.35. The van der Waals surface area contributed by atoms with Gasteiger partial charge in [0.2, 0.25) is 5.91 Å². The molecular formula is C20H28N4O3. The summed E-state index contributed by atoms with van der Waals surface area (Å²) < 4.78 is 5.34. The Morgan fingerprint density at radius 3 is 2.74 bits per heavy atom. The van der Waals surface area contributed by atoms with Gasteiger partial charge in [-0.1, -0.05) is 6.07 Å². The molecule has 0 aromatic heterocycles. The molecule has 7 nitrogen and oxygen atoms in total. The first-order valence-corrected chi connectivity index (χ1v) is 9.86. The standard InChI is InChI=1S/C20H28N4O3/c1-14-15(18(25)22-8-9-24-10-12-27-13-11-24)2-3-16-17(14)23-19(26)20(16)4-6-21-7-5-20/h2-3,21H,4-13H2,1H3,(H,22,25)(H,23,26). The van der Waals surface area contributed by atoms with E-state index in [1.54, 1.807) is 0 Å². The molecule has 1 aromatic rings. The highest BCUT2D eigenvalue weighted by molar-refractivity contribution is 6.09. The van der Waals surface area contributed by atoms with Crippen LogP contribution in [0, 0.1) is 6.92 Å². The van der Waals surface area contributed by atoms with E-state index in [1.165, 1.54) is 0 Å². The van der Waals surface area contributed by atoms with E-state index in [0.717, 1.165) is 75.6 Å². The molecule has 146 valence electrons. The number of nitrogens with zero attached hydrogens (tertiary/aromatic N) is 1. The van der Waals surface area contributed by atoms with E-state index in [2.05, 4.69) is 20.9 Å². The van der Waals surface area contributed by atoms with Crippen molar-refractivity contribution in [2.24, 2.45) is 0 Å². The largest absolute Gasteiger partial charge is 0.379 e. The number of nitrogens with one attached hydrogen (secondary N) is 3.